The Morgan fingerprint density at radius 3 is 2.71 bits per heavy atom. The molecule has 1 aliphatic rings. The van der Waals surface area contributed by atoms with Crippen LogP contribution in [-0.4, -0.2) is 11.4 Å². The van der Waals surface area contributed by atoms with Gasteiger partial charge in [0.1, 0.15) is 0 Å². The van der Waals surface area contributed by atoms with Crippen molar-refractivity contribution in [3.8, 4) is 0 Å². The highest BCUT2D eigenvalue weighted by Crippen LogP contribution is 2.24. The zero-order valence-corrected chi connectivity index (χ0v) is 11.1. The summed E-state index contributed by atoms with van der Waals surface area (Å²) in [7, 11) is 0. The molecule has 0 saturated carbocycles. The zero-order valence-electron chi connectivity index (χ0n) is 11.1. The standard InChI is InChI=1S/C15H24N2/c1-12(2)5-3-4-8-17-10-13-6-7-15(16)9-14(13)11-17/h6-7,9,12H,3-5,8,10-11,16H2,1-2H3. The van der Waals surface area contributed by atoms with Gasteiger partial charge in [0.15, 0.2) is 0 Å². The maximum Gasteiger partial charge on any atom is 0.0317 e. The summed E-state index contributed by atoms with van der Waals surface area (Å²) in [5, 5.41) is 0. The third-order valence-electron chi connectivity index (χ3n) is 3.52. The Morgan fingerprint density at radius 2 is 1.94 bits per heavy atom. The van der Waals surface area contributed by atoms with Crippen LogP contribution in [0.3, 0.4) is 0 Å². The SMILES string of the molecule is CC(C)CCCCN1Cc2ccc(N)cc2C1. The minimum absolute atomic E-state index is 0.838. The van der Waals surface area contributed by atoms with Gasteiger partial charge in [-0.3, -0.25) is 4.90 Å². The van der Waals surface area contributed by atoms with Crippen LogP contribution in [0.5, 0.6) is 0 Å². The number of hydrogen-bond donors (Lipinski definition) is 1. The minimum Gasteiger partial charge on any atom is -0.399 e. The molecule has 2 nitrogen and oxygen atoms in total. The van der Waals surface area contributed by atoms with Gasteiger partial charge in [-0.25, -0.2) is 0 Å². The molecule has 17 heavy (non-hydrogen) atoms. The third kappa shape index (κ3) is 3.47. The lowest BCUT2D eigenvalue weighted by Crippen LogP contribution is -2.17. The summed E-state index contributed by atoms with van der Waals surface area (Å²) in [6.07, 6.45) is 4.03. The average Bonchev–Trinajstić information content (AvgIpc) is 2.66. The third-order valence-corrected chi connectivity index (χ3v) is 3.52. The lowest BCUT2D eigenvalue weighted by molar-refractivity contribution is 0.274. The molecule has 0 fully saturated rings. The van der Waals surface area contributed by atoms with Gasteiger partial charge in [-0.15, -0.1) is 0 Å². The van der Waals surface area contributed by atoms with Crippen LogP contribution in [-0.2, 0) is 13.1 Å². The van der Waals surface area contributed by atoms with Gasteiger partial charge < -0.3 is 5.73 Å². The van der Waals surface area contributed by atoms with E-state index >= 15 is 0 Å². The van der Waals surface area contributed by atoms with E-state index < -0.39 is 0 Å². The van der Waals surface area contributed by atoms with E-state index in [2.05, 4.69) is 30.9 Å². The van der Waals surface area contributed by atoms with Gasteiger partial charge in [0.2, 0.25) is 0 Å². The first-order valence-electron chi connectivity index (χ1n) is 6.75. The van der Waals surface area contributed by atoms with E-state index in [-0.39, 0.29) is 0 Å². The van der Waals surface area contributed by atoms with Crippen molar-refractivity contribution >= 4 is 5.69 Å². The number of nitrogens with two attached hydrogens (primary N) is 1. The fourth-order valence-electron chi connectivity index (χ4n) is 2.53. The molecular weight excluding hydrogens is 208 g/mol. The Balaban J connectivity index is 1.76. The predicted molar refractivity (Wildman–Crippen MR) is 73.7 cm³/mol. The molecule has 2 rings (SSSR count). The van der Waals surface area contributed by atoms with Crippen molar-refractivity contribution in [1.29, 1.82) is 0 Å². The second kappa shape index (κ2) is 5.54. The Bertz CT molecular complexity index is 371. The van der Waals surface area contributed by atoms with E-state index in [9.17, 15) is 0 Å². The normalized spacial score (nSPS) is 15.5. The number of anilines is 1. The lowest BCUT2D eigenvalue weighted by Gasteiger charge is -2.14. The molecule has 0 aliphatic carbocycles. The maximum atomic E-state index is 5.81. The largest absolute Gasteiger partial charge is 0.399 e. The molecule has 0 aromatic heterocycles. The molecule has 1 aliphatic heterocycles. The molecule has 94 valence electrons. The molecule has 0 saturated heterocycles. The highest BCUT2D eigenvalue weighted by molar-refractivity contribution is 5.46. The first-order valence-corrected chi connectivity index (χ1v) is 6.75. The van der Waals surface area contributed by atoms with Crippen LogP contribution in [0, 0.1) is 5.92 Å². The molecular formula is C15H24N2. The molecule has 0 radical (unpaired) electrons. The van der Waals surface area contributed by atoms with E-state index in [1.807, 2.05) is 6.07 Å². The Labute approximate surface area is 105 Å². The highest BCUT2D eigenvalue weighted by atomic mass is 15.1. The maximum absolute atomic E-state index is 5.81. The van der Waals surface area contributed by atoms with Crippen LogP contribution in [0.15, 0.2) is 18.2 Å². The summed E-state index contributed by atoms with van der Waals surface area (Å²) in [5.41, 5.74) is 9.59. The average molecular weight is 232 g/mol. The van der Waals surface area contributed by atoms with E-state index in [0.29, 0.717) is 0 Å². The van der Waals surface area contributed by atoms with Crippen molar-refractivity contribution in [2.45, 2.75) is 46.2 Å². The molecule has 0 spiro atoms. The van der Waals surface area contributed by atoms with E-state index in [1.165, 1.54) is 36.9 Å². The second-order valence-electron chi connectivity index (χ2n) is 5.63. The van der Waals surface area contributed by atoms with Crippen molar-refractivity contribution in [1.82, 2.24) is 4.90 Å². The summed E-state index contributed by atoms with van der Waals surface area (Å²) < 4.78 is 0. The summed E-state index contributed by atoms with van der Waals surface area (Å²) in [6, 6.07) is 6.32. The summed E-state index contributed by atoms with van der Waals surface area (Å²) in [5.74, 6) is 0.838. The second-order valence-corrected chi connectivity index (χ2v) is 5.63. The lowest BCUT2D eigenvalue weighted by atomic mass is 10.1. The van der Waals surface area contributed by atoms with Gasteiger partial charge in [-0.1, -0.05) is 32.8 Å². The van der Waals surface area contributed by atoms with Crippen LogP contribution in [0.2, 0.25) is 0 Å². The van der Waals surface area contributed by atoms with Crippen molar-refractivity contribution in [3.05, 3.63) is 29.3 Å². The van der Waals surface area contributed by atoms with Crippen LogP contribution >= 0.6 is 0 Å². The number of hydrogen-bond acceptors (Lipinski definition) is 2. The first kappa shape index (κ1) is 12.4. The topological polar surface area (TPSA) is 29.3 Å². The molecule has 2 heteroatoms. The van der Waals surface area contributed by atoms with Crippen LogP contribution in [0.25, 0.3) is 0 Å². The van der Waals surface area contributed by atoms with Gasteiger partial charge in [0.05, 0.1) is 0 Å². The number of rotatable bonds is 5. The number of nitrogen functional groups attached to an aromatic ring is 1. The van der Waals surface area contributed by atoms with Crippen molar-refractivity contribution < 1.29 is 0 Å². The first-order chi connectivity index (χ1) is 8.15. The molecule has 1 aromatic carbocycles. The monoisotopic (exact) mass is 232 g/mol. The van der Waals surface area contributed by atoms with Crippen LogP contribution in [0.1, 0.15) is 44.2 Å². The quantitative estimate of drug-likeness (QED) is 0.622. The van der Waals surface area contributed by atoms with Gasteiger partial charge in [-0.05, 0) is 42.1 Å². The number of nitrogens with zero attached hydrogens (tertiary/aromatic N) is 1. The molecule has 0 bridgehead atoms. The van der Waals surface area contributed by atoms with Crippen molar-refractivity contribution in [2.24, 2.45) is 5.92 Å². The fourth-order valence-corrected chi connectivity index (χ4v) is 2.53. The number of unbranched alkanes of at least 4 members (excludes halogenated alkanes) is 1. The van der Waals surface area contributed by atoms with Gasteiger partial charge in [0.25, 0.3) is 0 Å². The van der Waals surface area contributed by atoms with Crippen molar-refractivity contribution in [2.75, 3.05) is 12.3 Å². The zero-order chi connectivity index (χ0) is 12.3. The van der Waals surface area contributed by atoms with Gasteiger partial charge >= 0.3 is 0 Å². The van der Waals surface area contributed by atoms with Crippen LogP contribution < -0.4 is 5.73 Å². The van der Waals surface area contributed by atoms with Gasteiger partial charge in [-0.2, -0.15) is 0 Å². The summed E-state index contributed by atoms with van der Waals surface area (Å²) in [4.78, 5) is 2.53. The van der Waals surface area contributed by atoms with Crippen LogP contribution in [0.4, 0.5) is 5.69 Å². The Hall–Kier alpha value is -1.02. The molecule has 1 heterocycles. The fraction of sp³-hybridized carbons (Fsp3) is 0.600. The highest BCUT2D eigenvalue weighted by Gasteiger charge is 2.17. The molecule has 0 amide bonds. The smallest absolute Gasteiger partial charge is 0.0317 e. The predicted octanol–water partition coefficient (Wildman–Crippen LogP) is 3.41. The summed E-state index contributed by atoms with van der Waals surface area (Å²) >= 11 is 0. The van der Waals surface area contributed by atoms with E-state index in [4.69, 9.17) is 5.73 Å². The number of fused-ring (bicyclic) bond motifs is 1. The summed E-state index contributed by atoms with van der Waals surface area (Å²) in [6.45, 7) is 8.02. The molecule has 0 atom stereocenters. The van der Waals surface area contributed by atoms with E-state index in [0.717, 1.165) is 24.7 Å². The Kier molecular flexibility index (Phi) is 4.06. The Morgan fingerprint density at radius 1 is 1.18 bits per heavy atom. The minimum atomic E-state index is 0.838. The molecule has 0 unspecified atom stereocenters. The molecule has 2 N–H and O–H groups in total. The molecule has 1 aromatic rings. The van der Waals surface area contributed by atoms with Crippen molar-refractivity contribution in [3.63, 3.8) is 0 Å². The number of benzene rings is 1. The van der Waals surface area contributed by atoms with Gasteiger partial charge in [0, 0.05) is 18.8 Å². The van der Waals surface area contributed by atoms with E-state index in [1.54, 1.807) is 0 Å².